The molecule has 0 radical (unpaired) electrons. The summed E-state index contributed by atoms with van der Waals surface area (Å²) in [5.41, 5.74) is 0.197. The van der Waals surface area contributed by atoms with Gasteiger partial charge in [0.2, 0.25) is 0 Å². The molecule has 0 aromatic rings. The Balaban J connectivity index is 3.63. The molecule has 10 heavy (non-hydrogen) atoms. The van der Waals surface area contributed by atoms with Gasteiger partial charge in [0.25, 0.3) is 0 Å². The Hall–Kier alpha value is -0.0700. The molecule has 0 aromatic heterocycles. The first-order valence-electron chi connectivity index (χ1n) is 4.12. The highest BCUT2D eigenvalue weighted by Crippen LogP contribution is 2.28. The van der Waals surface area contributed by atoms with Crippen LogP contribution in [-0.4, -0.2) is 6.17 Å². The van der Waals surface area contributed by atoms with E-state index in [2.05, 4.69) is 20.8 Å². The topological polar surface area (TPSA) is 0 Å². The Kier molecular flexibility index (Phi) is 3.92. The Bertz CT molecular complexity index is 84.7. The van der Waals surface area contributed by atoms with Gasteiger partial charge in [-0.1, -0.05) is 27.2 Å². The molecule has 0 nitrogen and oxygen atoms in total. The summed E-state index contributed by atoms with van der Waals surface area (Å²) >= 11 is 0. The summed E-state index contributed by atoms with van der Waals surface area (Å²) in [5.74, 6) is 0. The van der Waals surface area contributed by atoms with E-state index in [0.717, 1.165) is 12.8 Å². The van der Waals surface area contributed by atoms with Crippen LogP contribution in [0.2, 0.25) is 0 Å². The third-order valence-corrected chi connectivity index (χ3v) is 1.76. The van der Waals surface area contributed by atoms with Crippen molar-refractivity contribution in [2.24, 2.45) is 5.41 Å². The molecule has 0 aliphatic heterocycles. The Morgan fingerprint density at radius 3 is 2.20 bits per heavy atom. The van der Waals surface area contributed by atoms with Gasteiger partial charge in [0.1, 0.15) is 0 Å². The molecule has 1 heteroatoms. The highest BCUT2D eigenvalue weighted by molar-refractivity contribution is 4.70. The van der Waals surface area contributed by atoms with Crippen molar-refractivity contribution in [3.8, 4) is 0 Å². The van der Waals surface area contributed by atoms with E-state index in [0.29, 0.717) is 6.42 Å². The van der Waals surface area contributed by atoms with Crippen molar-refractivity contribution >= 4 is 0 Å². The van der Waals surface area contributed by atoms with Gasteiger partial charge in [-0.3, -0.25) is 0 Å². The SMILES string of the molecule is CCCC(C)(C)C[C@H](C)F. The molecule has 1 atom stereocenters. The second kappa shape index (κ2) is 3.95. The van der Waals surface area contributed by atoms with Gasteiger partial charge in [-0.15, -0.1) is 0 Å². The Morgan fingerprint density at radius 1 is 1.40 bits per heavy atom. The lowest BCUT2D eigenvalue weighted by Crippen LogP contribution is -2.15. The summed E-state index contributed by atoms with van der Waals surface area (Å²) in [6, 6.07) is 0. The van der Waals surface area contributed by atoms with Crippen LogP contribution >= 0.6 is 0 Å². The predicted octanol–water partition coefficient (Wildman–Crippen LogP) is 3.56. The van der Waals surface area contributed by atoms with Crippen molar-refractivity contribution in [2.45, 2.75) is 53.1 Å². The molecule has 0 aliphatic carbocycles. The first kappa shape index (κ1) is 9.93. The number of hydrogen-bond donors (Lipinski definition) is 0. The van der Waals surface area contributed by atoms with E-state index in [-0.39, 0.29) is 5.41 Å². The summed E-state index contributed by atoms with van der Waals surface area (Å²) in [4.78, 5) is 0. The number of halogens is 1. The van der Waals surface area contributed by atoms with Crippen LogP contribution in [0, 0.1) is 5.41 Å². The quantitative estimate of drug-likeness (QED) is 0.569. The lowest BCUT2D eigenvalue weighted by atomic mass is 9.83. The maximum Gasteiger partial charge on any atom is 0.0978 e. The fourth-order valence-electron chi connectivity index (χ4n) is 1.54. The highest BCUT2D eigenvalue weighted by Gasteiger charge is 2.19. The molecular weight excluding hydrogens is 127 g/mol. The lowest BCUT2D eigenvalue weighted by Gasteiger charge is -2.24. The van der Waals surface area contributed by atoms with E-state index in [4.69, 9.17) is 0 Å². The second-order valence-corrected chi connectivity index (χ2v) is 3.90. The maximum absolute atomic E-state index is 12.5. The summed E-state index contributed by atoms with van der Waals surface area (Å²) in [7, 11) is 0. The van der Waals surface area contributed by atoms with Crippen molar-refractivity contribution in [1.82, 2.24) is 0 Å². The van der Waals surface area contributed by atoms with Crippen LogP contribution < -0.4 is 0 Å². The summed E-state index contributed by atoms with van der Waals surface area (Å²) in [5, 5.41) is 0. The molecule has 0 spiro atoms. The molecule has 0 fully saturated rings. The minimum atomic E-state index is -0.651. The fourth-order valence-corrected chi connectivity index (χ4v) is 1.54. The highest BCUT2D eigenvalue weighted by atomic mass is 19.1. The number of rotatable bonds is 4. The van der Waals surface area contributed by atoms with Gasteiger partial charge in [-0.2, -0.15) is 0 Å². The van der Waals surface area contributed by atoms with Gasteiger partial charge in [0.05, 0.1) is 6.17 Å². The molecule has 62 valence electrons. The van der Waals surface area contributed by atoms with Crippen molar-refractivity contribution in [1.29, 1.82) is 0 Å². The van der Waals surface area contributed by atoms with Gasteiger partial charge in [-0.05, 0) is 25.2 Å². The van der Waals surface area contributed by atoms with Crippen LogP contribution in [0.15, 0.2) is 0 Å². The van der Waals surface area contributed by atoms with E-state index < -0.39 is 6.17 Å². The van der Waals surface area contributed by atoms with E-state index in [9.17, 15) is 4.39 Å². The van der Waals surface area contributed by atoms with Gasteiger partial charge in [0.15, 0.2) is 0 Å². The van der Waals surface area contributed by atoms with E-state index in [1.807, 2.05) is 0 Å². The normalized spacial score (nSPS) is 15.3. The molecule has 0 unspecified atom stereocenters. The van der Waals surface area contributed by atoms with Crippen molar-refractivity contribution in [2.75, 3.05) is 0 Å². The summed E-state index contributed by atoms with van der Waals surface area (Å²) in [6.45, 7) is 8.04. The van der Waals surface area contributed by atoms with E-state index >= 15 is 0 Å². The van der Waals surface area contributed by atoms with Gasteiger partial charge < -0.3 is 0 Å². The zero-order valence-electron chi connectivity index (χ0n) is 7.58. The smallest absolute Gasteiger partial charge is 0.0978 e. The Labute approximate surface area is 63.8 Å². The zero-order chi connectivity index (χ0) is 8.20. The average molecular weight is 146 g/mol. The largest absolute Gasteiger partial charge is 0.248 e. The average Bonchev–Trinajstić information content (AvgIpc) is 1.59. The maximum atomic E-state index is 12.5. The minimum Gasteiger partial charge on any atom is -0.248 e. The van der Waals surface area contributed by atoms with Crippen LogP contribution in [0.3, 0.4) is 0 Å². The van der Waals surface area contributed by atoms with E-state index in [1.165, 1.54) is 0 Å². The molecule has 0 aromatic carbocycles. The summed E-state index contributed by atoms with van der Waals surface area (Å²) in [6.07, 6.45) is 2.32. The van der Waals surface area contributed by atoms with Gasteiger partial charge >= 0.3 is 0 Å². The number of alkyl halides is 1. The fraction of sp³-hybridized carbons (Fsp3) is 1.00. The third-order valence-electron chi connectivity index (χ3n) is 1.76. The molecule has 0 amide bonds. The van der Waals surface area contributed by atoms with Crippen molar-refractivity contribution in [3.05, 3.63) is 0 Å². The molecule has 0 saturated heterocycles. The third kappa shape index (κ3) is 4.78. The summed E-state index contributed by atoms with van der Waals surface area (Å²) < 4.78 is 12.5. The van der Waals surface area contributed by atoms with Crippen LogP contribution in [0.4, 0.5) is 4.39 Å². The molecule has 0 bridgehead atoms. The second-order valence-electron chi connectivity index (χ2n) is 3.90. The zero-order valence-corrected chi connectivity index (χ0v) is 7.58. The first-order chi connectivity index (χ1) is 4.48. The predicted molar refractivity (Wildman–Crippen MR) is 43.9 cm³/mol. The molecule has 0 N–H and O–H groups in total. The van der Waals surface area contributed by atoms with Gasteiger partial charge in [0, 0.05) is 0 Å². The minimum absolute atomic E-state index is 0.197. The van der Waals surface area contributed by atoms with Crippen LogP contribution in [-0.2, 0) is 0 Å². The number of hydrogen-bond acceptors (Lipinski definition) is 0. The van der Waals surface area contributed by atoms with Crippen LogP contribution in [0.25, 0.3) is 0 Å². The van der Waals surface area contributed by atoms with E-state index in [1.54, 1.807) is 6.92 Å². The first-order valence-corrected chi connectivity index (χ1v) is 4.12. The monoisotopic (exact) mass is 146 g/mol. The van der Waals surface area contributed by atoms with Crippen molar-refractivity contribution < 1.29 is 4.39 Å². The standard InChI is InChI=1S/C9H19F/c1-5-6-9(3,4)7-8(2)10/h8H,5-7H2,1-4H3/t8-/m0/s1. The molecule has 0 aliphatic rings. The molecule has 0 saturated carbocycles. The van der Waals surface area contributed by atoms with Crippen molar-refractivity contribution in [3.63, 3.8) is 0 Å². The molecule has 0 rings (SSSR count). The molecule has 0 heterocycles. The van der Waals surface area contributed by atoms with Crippen LogP contribution in [0.5, 0.6) is 0 Å². The Morgan fingerprint density at radius 2 is 1.90 bits per heavy atom. The van der Waals surface area contributed by atoms with Crippen LogP contribution in [0.1, 0.15) is 47.0 Å². The lowest BCUT2D eigenvalue weighted by molar-refractivity contribution is 0.209. The van der Waals surface area contributed by atoms with Gasteiger partial charge in [-0.25, -0.2) is 4.39 Å². The molecular formula is C9H19F.